The molecule has 1 aliphatic rings. The number of benzene rings is 1. The molecule has 3 amide bonds. The van der Waals surface area contributed by atoms with Crippen LogP contribution in [0, 0.1) is 6.92 Å². The quantitative estimate of drug-likeness (QED) is 0.856. The van der Waals surface area contributed by atoms with Gasteiger partial charge < -0.3 is 5.32 Å². The van der Waals surface area contributed by atoms with Crippen LogP contribution in [0.1, 0.15) is 15.9 Å². The third-order valence-electron chi connectivity index (χ3n) is 2.39. The number of hydrogen-bond acceptors (Lipinski definition) is 2. The maximum Gasteiger partial charge on any atom is 0.324 e. The maximum absolute atomic E-state index is 12.0. The highest BCUT2D eigenvalue weighted by atomic mass is 79.9. The molecule has 84 valence electrons. The molecule has 0 aromatic heterocycles. The van der Waals surface area contributed by atoms with Crippen molar-refractivity contribution in [3.05, 3.63) is 33.8 Å². The standard InChI is InChI=1S/C11H11BrN2O2/c1-7-4-8(6-9(12)5-7)10(15)14-3-2-13-11(14)16/h4-6H,2-3H2,1H3,(H,13,16). The van der Waals surface area contributed by atoms with Gasteiger partial charge in [-0.05, 0) is 30.7 Å². The Bertz CT molecular complexity index is 439. The van der Waals surface area contributed by atoms with E-state index in [1.165, 1.54) is 4.90 Å². The molecule has 4 nitrogen and oxygen atoms in total. The van der Waals surface area contributed by atoms with Crippen LogP contribution in [-0.4, -0.2) is 29.9 Å². The van der Waals surface area contributed by atoms with Gasteiger partial charge in [0.05, 0.1) is 0 Å². The lowest BCUT2D eigenvalue weighted by atomic mass is 10.1. The summed E-state index contributed by atoms with van der Waals surface area (Å²) in [4.78, 5) is 24.6. The lowest BCUT2D eigenvalue weighted by Crippen LogP contribution is -2.34. The topological polar surface area (TPSA) is 49.4 Å². The average molecular weight is 283 g/mol. The second kappa shape index (κ2) is 4.25. The Hall–Kier alpha value is -1.36. The normalized spacial score (nSPS) is 15.1. The van der Waals surface area contributed by atoms with Crippen LogP contribution in [0.2, 0.25) is 0 Å². The van der Waals surface area contributed by atoms with Crippen LogP contribution in [-0.2, 0) is 0 Å². The van der Waals surface area contributed by atoms with E-state index < -0.39 is 0 Å². The third-order valence-corrected chi connectivity index (χ3v) is 2.85. The van der Waals surface area contributed by atoms with Crippen LogP contribution >= 0.6 is 15.9 Å². The van der Waals surface area contributed by atoms with E-state index >= 15 is 0 Å². The minimum absolute atomic E-state index is 0.251. The number of urea groups is 1. The molecule has 0 spiro atoms. The molecular weight excluding hydrogens is 272 g/mol. The molecule has 2 rings (SSSR count). The average Bonchev–Trinajstić information content (AvgIpc) is 2.62. The van der Waals surface area contributed by atoms with Crippen molar-refractivity contribution in [1.82, 2.24) is 10.2 Å². The van der Waals surface area contributed by atoms with Crippen LogP contribution in [0.4, 0.5) is 4.79 Å². The van der Waals surface area contributed by atoms with Gasteiger partial charge in [-0.2, -0.15) is 0 Å². The predicted octanol–water partition coefficient (Wildman–Crippen LogP) is 1.92. The Morgan fingerprint density at radius 3 is 2.75 bits per heavy atom. The first-order valence-electron chi connectivity index (χ1n) is 4.95. The lowest BCUT2D eigenvalue weighted by molar-refractivity contribution is 0.0829. The van der Waals surface area contributed by atoms with Crippen LogP contribution in [0.3, 0.4) is 0 Å². The van der Waals surface area contributed by atoms with E-state index in [1.54, 1.807) is 12.1 Å². The molecule has 0 atom stereocenters. The van der Waals surface area contributed by atoms with Crippen molar-refractivity contribution in [1.29, 1.82) is 0 Å². The highest BCUT2D eigenvalue weighted by Crippen LogP contribution is 2.17. The number of imide groups is 1. The second-order valence-electron chi connectivity index (χ2n) is 3.71. The summed E-state index contributed by atoms with van der Waals surface area (Å²) >= 11 is 3.33. The molecule has 0 saturated carbocycles. The van der Waals surface area contributed by atoms with Gasteiger partial charge >= 0.3 is 6.03 Å². The molecule has 0 aliphatic carbocycles. The van der Waals surface area contributed by atoms with Crippen molar-refractivity contribution in [3.8, 4) is 0 Å². The Morgan fingerprint density at radius 2 is 2.19 bits per heavy atom. The van der Waals surface area contributed by atoms with E-state index in [9.17, 15) is 9.59 Å². The van der Waals surface area contributed by atoms with E-state index in [1.807, 2.05) is 13.0 Å². The molecule has 1 fully saturated rings. The Morgan fingerprint density at radius 1 is 1.44 bits per heavy atom. The lowest BCUT2D eigenvalue weighted by Gasteiger charge is -2.12. The summed E-state index contributed by atoms with van der Waals surface area (Å²) in [6.07, 6.45) is 0. The van der Waals surface area contributed by atoms with Crippen molar-refractivity contribution in [2.24, 2.45) is 0 Å². The largest absolute Gasteiger partial charge is 0.336 e. The molecule has 0 unspecified atom stereocenters. The number of nitrogens with zero attached hydrogens (tertiary/aromatic N) is 1. The number of hydrogen-bond donors (Lipinski definition) is 1. The number of amides is 3. The fourth-order valence-corrected chi connectivity index (χ4v) is 2.29. The number of carbonyl (C=O) groups is 2. The number of nitrogens with one attached hydrogen (secondary N) is 1. The highest BCUT2D eigenvalue weighted by molar-refractivity contribution is 9.10. The van der Waals surface area contributed by atoms with Crippen LogP contribution in [0.15, 0.2) is 22.7 Å². The van der Waals surface area contributed by atoms with Crippen LogP contribution < -0.4 is 5.32 Å². The summed E-state index contributed by atoms with van der Waals surface area (Å²) in [6, 6.07) is 5.10. The van der Waals surface area contributed by atoms with Gasteiger partial charge in [-0.1, -0.05) is 15.9 Å². The fraction of sp³-hybridized carbons (Fsp3) is 0.273. The first-order valence-corrected chi connectivity index (χ1v) is 5.74. The van der Waals surface area contributed by atoms with E-state index in [0.29, 0.717) is 18.7 Å². The van der Waals surface area contributed by atoms with Gasteiger partial charge in [0, 0.05) is 23.1 Å². The zero-order chi connectivity index (χ0) is 11.7. The Balaban J connectivity index is 2.30. The summed E-state index contributed by atoms with van der Waals surface area (Å²) in [5, 5.41) is 2.60. The number of halogens is 1. The minimum atomic E-state index is -0.317. The summed E-state index contributed by atoms with van der Waals surface area (Å²) < 4.78 is 0.843. The van der Waals surface area contributed by atoms with Gasteiger partial charge in [0.1, 0.15) is 0 Å². The molecule has 1 heterocycles. The molecule has 1 aromatic carbocycles. The fourth-order valence-electron chi connectivity index (χ4n) is 1.68. The summed E-state index contributed by atoms with van der Waals surface area (Å²) in [5.74, 6) is -0.251. The minimum Gasteiger partial charge on any atom is -0.336 e. The number of rotatable bonds is 1. The smallest absolute Gasteiger partial charge is 0.324 e. The SMILES string of the molecule is Cc1cc(Br)cc(C(=O)N2CCNC2=O)c1. The zero-order valence-electron chi connectivity index (χ0n) is 8.79. The second-order valence-corrected chi connectivity index (χ2v) is 4.62. The molecule has 1 aliphatic heterocycles. The van der Waals surface area contributed by atoms with E-state index in [0.717, 1.165) is 10.0 Å². The molecule has 0 bridgehead atoms. The first kappa shape index (κ1) is 11.1. The van der Waals surface area contributed by atoms with Gasteiger partial charge in [-0.3, -0.25) is 9.69 Å². The number of carbonyl (C=O) groups excluding carboxylic acids is 2. The Labute approximate surface area is 102 Å². The third kappa shape index (κ3) is 2.09. The van der Waals surface area contributed by atoms with Gasteiger partial charge in [-0.15, -0.1) is 0 Å². The van der Waals surface area contributed by atoms with Gasteiger partial charge in [0.25, 0.3) is 5.91 Å². The first-order chi connectivity index (χ1) is 7.58. The highest BCUT2D eigenvalue weighted by Gasteiger charge is 2.27. The van der Waals surface area contributed by atoms with Gasteiger partial charge in [0.15, 0.2) is 0 Å². The monoisotopic (exact) mass is 282 g/mol. The predicted molar refractivity (Wildman–Crippen MR) is 63.3 cm³/mol. The van der Waals surface area contributed by atoms with Crippen molar-refractivity contribution in [3.63, 3.8) is 0 Å². The van der Waals surface area contributed by atoms with E-state index in [-0.39, 0.29) is 11.9 Å². The molecular formula is C11H11BrN2O2. The van der Waals surface area contributed by atoms with Crippen molar-refractivity contribution in [2.75, 3.05) is 13.1 Å². The van der Waals surface area contributed by atoms with Crippen molar-refractivity contribution < 1.29 is 9.59 Å². The van der Waals surface area contributed by atoms with E-state index in [4.69, 9.17) is 0 Å². The van der Waals surface area contributed by atoms with Crippen LogP contribution in [0.5, 0.6) is 0 Å². The van der Waals surface area contributed by atoms with Crippen molar-refractivity contribution >= 4 is 27.9 Å². The zero-order valence-corrected chi connectivity index (χ0v) is 10.4. The number of aryl methyl sites for hydroxylation is 1. The molecule has 0 radical (unpaired) electrons. The summed E-state index contributed by atoms with van der Waals surface area (Å²) in [5.41, 5.74) is 1.52. The van der Waals surface area contributed by atoms with Crippen LogP contribution in [0.25, 0.3) is 0 Å². The Kier molecular flexibility index (Phi) is 2.96. The maximum atomic E-state index is 12.0. The van der Waals surface area contributed by atoms with Crippen molar-refractivity contribution in [2.45, 2.75) is 6.92 Å². The molecule has 5 heteroatoms. The summed E-state index contributed by atoms with van der Waals surface area (Å²) in [6.45, 7) is 2.87. The molecule has 1 saturated heterocycles. The molecule has 1 aromatic rings. The van der Waals surface area contributed by atoms with E-state index in [2.05, 4.69) is 21.2 Å². The van der Waals surface area contributed by atoms with Gasteiger partial charge in [0.2, 0.25) is 0 Å². The molecule has 16 heavy (non-hydrogen) atoms. The molecule has 1 N–H and O–H groups in total. The van der Waals surface area contributed by atoms with Gasteiger partial charge in [-0.25, -0.2) is 4.79 Å². The summed E-state index contributed by atoms with van der Waals surface area (Å²) in [7, 11) is 0.